The van der Waals surface area contributed by atoms with Crippen LogP contribution in [0.5, 0.6) is 0 Å². The highest BCUT2D eigenvalue weighted by molar-refractivity contribution is 6.07. The molecule has 5 heteroatoms. The Hall–Kier alpha value is -1.65. The number of nitrogens with zero attached hydrogens (tertiary/aromatic N) is 3. The molecule has 1 aromatic rings. The first kappa shape index (κ1) is 9.57. The van der Waals surface area contributed by atoms with Crippen molar-refractivity contribution < 1.29 is 4.79 Å². The average molecular weight is 218 g/mol. The summed E-state index contributed by atoms with van der Waals surface area (Å²) in [7, 11) is 0. The summed E-state index contributed by atoms with van der Waals surface area (Å²) < 4.78 is 0. The molecule has 0 atom stereocenters. The molecule has 16 heavy (non-hydrogen) atoms. The molecular weight excluding hydrogens is 204 g/mol. The minimum absolute atomic E-state index is 0.116. The second-order valence-corrected chi connectivity index (χ2v) is 5.04. The van der Waals surface area contributed by atoms with E-state index in [4.69, 9.17) is 5.73 Å². The smallest absolute Gasteiger partial charge is 0.238 e. The molecule has 0 saturated heterocycles. The number of amides is 1. The highest BCUT2D eigenvalue weighted by atomic mass is 16.2. The van der Waals surface area contributed by atoms with Gasteiger partial charge in [-0.3, -0.25) is 9.69 Å². The molecular formula is C11H14N4O. The maximum atomic E-state index is 12.3. The molecule has 2 N–H and O–H groups in total. The van der Waals surface area contributed by atoms with E-state index in [9.17, 15) is 4.79 Å². The lowest BCUT2D eigenvalue weighted by atomic mass is 9.87. The second-order valence-electron chi connectivity index (χ2n) is 5.04. The van der Waals surface area contributed by atoms with E-state index in [1.807, 2.05) is 13.8 Å². The number of carbonyl (C=O) groups excluding carboxylic acids is 1. The lowest BCUT2D eigenvalue weighted by Crippen LogP contribution is -2.37. The Morgan fingerprint density at radius 1 is 1.44 bits per heavy atom. The Morgan fingerprint density at radius 3 is 2.75 bits per heavy atom. The van der Waals surface area contributed by atoms with Gasteiger partial charge in [0.15, 0.2) is 5.82 Å². The Bertz CT molecular complexity index is 479. The first-order valence-corrected chi connectivity index (χ1v) is 5.49. The third kappa shape index (κ3) is 1.08. The highest BCUT2D eigenvalue weighted by Crippen LogP contribution is 2.45. The maximum absolute atomic E-state index is 12.3. The lowest BCUT2D eigenvalue weighted by Gasteiger charge is -2.18. The molecule has 0 aromatic carbocycles. The zero-order chi connectivity index (χ0) is 11.5. The Balaban J connectivity index is 2.19. The topological polar surface area (TPSA) is 72.1 Å². The molecule has 2 heterocycles. The molecule has 3 rings (SSSR count). The van der Waals surface area contributed by atoms with Crippen LogP contribution in [0.2, 0.25) is 0 Å². The maximum Gasteiger partial charge on any atom is 0.238 e. The molecule has 5 nitrogen and oxygen atoms in total. The van der Waals surface area contributed by atoms with Gasteiger partial charge in [0, 0.05) is 11.6 Å². The Kier molecular flexibility index (Phi) is 1.63. The van der Waals surface area contributed by atoms with Gasteiger partial charge >= 0.3 is 0 Å². The molecule has 1 aliphatic heterocycles. The average Bonchev–Trinajstić information content (AvgIpc) is 3.01. The molecule has 1 aromatic heterocycles. The minimum Gasteiger partial charge on any atom is -0.382 e. The van der Waals surface area contributed by atoms with Crippen LogP contribution < -0.4 is 10.6 Å². The van der Waals surface area contributed by atoms with Crippen molar-refractivity contribution in [3.63, 3.8) is 0 Å². The van der Waals surface area contributed by atoms with Gasteiger partial charge in [-0.1, -0.05) is 0 Å². The number of nitrogen functional groups attached to an aromatic ring is 1. The first-order valence-electron chi connectivity index (χ1n) is 5.49. The van der Waals surface area contributed by atoms with Crippen LogP contribution >= 0.6 is 0 Å². The van der Waals surface area contributed by atoms with Crippen molar-refractivity contribution in [2.45, 2.75) is 38.1 Å². The molecule has 0 spiro atoms. The number of anilines is 2. The summed E-state index contributed by atoms with van der Waals surface area (Å²) >= 11 is 0. The largest absolute Gasteiger partial charge is 0.382 e. The van der Waals surface area contributed by atoms with Crippen LogP contribution in [-0.4, -0.2) is 22.1 Å². The zero-order valence-electron chi connectivity index (χ0n) is 9.40. The third-order valence-corrected chi connectivity index (χ3v) is 3.36. The molecule has 84 valence electrons. The van der Waals surface area contributed by atoms with E-state index in [2.05, 4.69) is 10.2 Å². The van der Waals surface area contributed by atoms with Crippen molar-refractivity contribution in [1.29, 1.82) is 0 Å². The van der Waals surface area contributed by atoms with E-state index in [0.29, 0.717) is 17.7 Å². The molecule has 0 bridgehead atoms. The number of rotatable bonds is 1. The molecule has 1 saturated carbocycles. The van der Waals surface area contributed by atoms with E-state index < -0.39 is 5.41 Å². The van der Waals surface area contributed by atoms with Crippen LogP contribution in [0.15, 0.2) is 6.07 Å². The normalized spacial score (nSPS) is 22.4. The van der Waals surface area contributed by atoms with Crippen LogP contribution in [0.25, 0.3) is 0 Å². The van der Waals surface area contributed by atoms with Crippen molar-refractivity contribution in [2.24, 2.45) is 0 Å². The number of fused-ring (bicyclic) bond motifs is 1. The van der Waals surface area contributed by atoms with E-state index in [0.717, 1.165) is 18.4 Å². The first-order chi connectivity index (χ1) is 7.51. The van der Waals surface area contributed by atoms with Gasteiger partial charge in [0.2, 0.25) is 5.91 Å². The van der Waals surface area contributed by atoms with Crippen LogP contribution in [0.4, 0.5) is 11.6 Å². The Morgan fingerprint density at radius 2 is 2.12 bits per heavy atom. The number of hydrogen-bond donors (Lipinski definition) is 1. The van der Waals surface area contributed by atoms with Crippen LogP contribution in [0.1, 0.15) is 32.3 Å². The molecule has 1 amide bonds. The predicted molar refractivity (Wildman–Crippen MR) is 60.0 cm³/mol. The summed E-state index contributed by atoms with van der Waals surface area (Å²) in [6, 6.07) is 2.09. The molecule has 0 unspecified atom stereocenters. The predicted octanol–water partition coefficient (Wildman–Crippen LogP) is 0.845. The molecule has 0 radical (unpaired) electrons. The molecule has 1 aliphatic carbocycles. The van der Waals surface area contributed by atoms with Crippen LogP contribution in [-0.2, 0) is 10.2 Å². The van der Waals surface area contributed by atoms with Gasteiger partial charge in [0.05, 0.1) is 5.41 Å². The van der Waals surface area contributed by atoms with Crippen LogP contribution in [0, 0.1) is 0 Å². The fraction of sp³-hybridized carbons (Fsp3) is 0.545. The van der Waals surface area contributed by atoms with E-state index in [1.54, 1.807) is 11.0 Å². The minimum atomic E-state index is -0.526. The van der Waals surface area contributed by atoms with Crippen molar-refractivity contribution in [2.75, 3.05) is 10.6 Å². The zero-order valence-corrected chi connectivity index (χ0v) is 9.40. The molecule has 2 aliphatic rings. The van der Waals surface area contributed by atoms with Gasteiger partial charge in [-0.2, -0.15) is 0 Å². The number of hydrogen-bond acceptors (Lipinski definition) is 4. The van der Waals surface area contributed by atoms with Gasteiger partial charge in [0.1, 0.15) is 5.82 Å². The quantitative estimate of drug-likeness (QED) is 0.758. The summed E-state index contributed by atoms with van der Waals surface area (Å²) in [6.45, 7) is 3.83. The van der Waals surface area contributed by atoms with E-state index >= 15 is 0 Å². The highest BCUT2D eigenvalue weighted by Gasteiger charge is 2.50. The monoisotopic (exact) mass is 218 g/mol. The Labute approximate surface area is 93.6 Å². The summed E-state index contributed by atoms with van der Waals surface area (Å²) in [6.07, 6.45) is 2.13. The lowest BCUT2D eigenvalue weighted by molar-refractivity contribution is -0.122. The number of aromatic nitrogens is 2. The van der Waals surface area contributed by atoms with Gasteiger partial charge < -0.3 is 5.73 Å². The fourth-order valence-electron chi connectivity index (χ4n) is 2.22. The fourth-order valence-corrected chi connectivity index (χ4v) is 2.22. The van der Waals surface area contributed by atoms with Crippen molar-refractivity contribution in [3.8, 4) is 0 Å². The van der Waals surface area contributed by atoms with Crippen molar-refractivity contribution in [3.05, 3.63) is 11.6 Å². The summed E-state index contributed by atoms with van der Waals surface area (Å²) in [5, 5.41) is 7.92. The summed E-state index contributed by atoms with van der Waals surface area (Å²) in [5.41, 5.74) is 6.01. The second kappa shape index (κ2) is 2.72. The van der Waals surface area contributed by atoms with Gasteiger partial charge in [-0.15, -0.1) is 10.2 Å². The third-order valence-electron chi connectivity index (χ3n) is 3.36. The summed E-state index contributed by atoms with van der Waals surface area (Å²) in [4.78, 5) is 14.1. The van der Waals surface area contributed by atoms with Crippen molar-refractivity contribution in [1.82, 2.24) is 10.2 Å². The van der Waals surface area contributed by atoms with Gasteiger partial charge in [-0.05, 0) is 32.8 Å². The molecule has 1 fully saturated rings. The van der Waals surface area contributed by atoms with Gasteiger partial charge in [0.25, 0.3) is 0 Å². The number of carbonyl (C=O) groups is 1. The van der Waals surface area contributed by atoms with Gasteiger partial charge in [-0.25, -0.2) is 0 Å². The summed E-state index contributed by atoms with van der Waals surface area (Å²) in [5.74, 6) is 1.19. The van der Waals surface area contributed by atoms with E-state index in [-0.39, 0.29) is 5.91 Å². The van der Waals surface area contributed by atoms with Crippen molar-refractivity contribution >= 4 is 17.5 Å². The SMILES string of the molecule is CC1(C)C(=O)N(C2CC2)c2nnc(N)cc21. The standard InChI is InChI=1S/C11H14N4O/c1-11(2)7-5-8(12)13-14-9(7)15(10(11)16)6-3-4-6/h5-6H,3-4H2,1-2H3,(H2,12,13). The van der Waals surface area contributed by atoms with E-state index in [1.165, 1.54) is 0 Å². The number of nitrogens with two attached hydrogens (primary N) is 1. The van der Waals surface area contributed by atoms with Crippen LogP contribution in [0.3, 0.4) is 0 Å².